The van der Waals surface area contributed by atoms with Gasteiger partial charge in [0.15, 0.2) is 0 Å². The van der Waals surface area contributed by atoms with E-state index in [2.05, 4.69) is 22.9 Å². The molecule has 0 aliphatic rings. The van der Waals surface area contributed by atoms with Gasteiger partial charge in [-0.2, -0.15) is 12.6 Å². The van der Waals surface area contributed by atoms with Crippen molar-refractivity contribution in [2.45, 2.75) is 19.9 Å². The highest BCUT2D eigenvalue weighted by atomic mass is 32.1. The monoisotopic (exact) mass is 200 g/mol. The lowest BCUT2D eigenvalue weighted by atomic mass is 10.3. The second-order valence-corrected chi connectivity index (χ2v) is 3.07. The number of nitrogens with zero attached hydrogens (tertiary/aromatic N) is 1. The smallest absolute Gasteiger partial charge is 0.230 e. The summed E-state index contributed by atoms with van der Waals surface area (Å²) in [7, 11) is 0. The predicted octanol–water partition coefficient (Wildman–Crippen LogP) is 1.09. The summed E-state index contributed by atoms with van der Waals surface area (Å²) in [6.07, 6.45) is 1.62. The van der Waals surface area contributed by atoms with E-state index in [9.17, 15) is 4.79 Å². The minimum absolute atomic E-state index is 0.133. The molecule has 1 unspecified atom stereocenters. The number of carbonyl (C=O) groups is 1. The Morgan fingerprint density at radius 1 is 1.85 bits per heavy atom. The van der Waals surface area contributed by atoms with Crippen LogP contribution in [0.15, 0.2) is 10.6 Å². The Bertz CT molecular complexity index is 298. The van der Waals surface area contributed by atoms with E-state index in [0.29, 0.717) is 5.89 Å². The van der Waals surface area contributed by atoms with Gasteiger partial charge in [-0.15, -0.1) is 0 Å². The summed E-state index contributed by atoms with van der Waals surface area (Å²) in [5, 5.41) is 2.69. The maximum atomic E-state index is 10.9. The van der Waals surface area contributed by atoms with Crippen molar-refractivity contribution in [3.8, 4) is 0 Å². The lowest BCUT2D eigenvalue weighted by Gasteiger charge is -2.08. The summed E-state index contributed by atoms with van der Waals surface area (Å²) < 4.78 is 5.24. The Balaban J connectivity index is 2.58. The summed E-state index contributed by atoms with van der Waals surface area (Å²) in [6.45, 7) is 3.62. The first-order valence-electron chi connectivity index (χ1n) is 3.96. The van der Waals surface area contributed by atoms with Gasteiger partial charge in [0, 0.05) is 0 Å². The molecule has 0 radical (unpaired) electrons. The highest BCUT2D eigenvalue weighted by molar-refractivity contribution is 7.81. The number of aryl methyl sites for hydroxylation is 1. The third kappa shape index (κ3) is 2.77. The minimum Gasteiger partial charge on any atom is -0.444 e. The SMILES string of the molecule is Cc1cnc(C(C)NC(=O)CS)o1. The number of hydrogen-bond acceptors (Lipinski definition) is 4. The van der Waals surface area contributed by atoms with E-state index in [4.69, 9.17) is 4.42 Å². The van der Waals surface area contributed by atoms with Crippen LogP contribution in [0.5, 0.6) is 0 Å². The van der Waals surface area contributed by atoms with Crippen LogP contribution in [0.3, 0.4) is 0 Å². The molecule has 1 aromatic heterocycles. The normalized spacial score (nSPS) is 12.5. The molecule has 0 spiro atoms. The van der Waals surface area contributed by atoms with Crippen LogP contribution in [0.25, 0.3) is 0 Å². The first-order chi connectivity index (χ1) is 6.13. The number of hydrogen-bond donors (Lipinski definition) is 2. The van der Waals surface area contributed by atoms with Gasteiger partial charge in [0.05, 0.1) is 11.9 Å². The molecule has 0 aliphatic carbocycles. The summed E-state index contributed by atoms with van der Waals surface area (Å²) in [5.74, 6) is 1.30. The lowest BCUT2D eigenvalue weighted by molar-refractivity contribution is -0.119. The number of thiol groups is 1. The second kappa shape index (κ2) is 4.32. The molecule has 0 aliphatic heterocycles. The van der Waals surface area contributed by atoms with Crippen molar-refractivity contribution in [2.75, 3.05) is 5.75 Å². The van der Waals surface area contributed by atoms with Gasteiger partial charge < -0.3 is 9.73 Å². The molecule has 1 atom stereocenters. The van der Waals surface area contributed by atoms with Crippen LogP contribution < -0.4 is 5.32 Å². The number of rotatable bonds is 3. The highest BCUT2D eigenvalue weighted by Gasteiger charge is 2.12. The van der Waals surface area contributed by atoms with E-state index in [1.54, 1.807) is 6.20 Å². The summed E-state index contributed by atoms with van der Waals surface area (Å²) in [4.78, 5) is 14.9. The maximum absolute atomic E-state index is 10.9. The van der Waals surface area contributed by atoms with Crippen molar-refractivity contribution >= 4 is 18.5 Å². The molecule has 0 aromatic carbocycles. The van der Waals surface area contributed by atoms with Gasteiger partial charge in [-0.25, -0.2) is 4.98 Å². The van der Waals surface area contributed by atoms with Crippen molar-refractivity contribution in [2.24, 2.45) is 0 Å². The molecule has 1 aromatic rings. The molecule has 1 amide bonds. The van der Waals surface area contributed by atoms with Crippen LogP contribution in [0, 0.1) is 6.92 Å². The van der Waals surface area contributed by atoms with Crippen molar-refractivity contribution in [3.63, 3.8) is 0 Å². The van der Waals surface area contributed by atoms with E-state index in [0.717, 1.165) is 5.76 Å². The zero-order valence-corrected chi connectivity index (χ0v) is 8.47. The highest BCUT2D eigenvalue weighted by Crippen LogP contribution is 2.11. The van der Waals surface area contributed by atoms with Crippen LogP contribution in [-0.2, 0) is 4.79 Å². The predicted molar refractivity (Wildman–Crippen MR) is 51.7 cm³/mol. The van der Waals surface area contributed by atoms with Gasteiger partial charge >= 0.3 is 0 Å². The van der Waals surface area contributed by atoms with Gasteiger partial charge in [0.25, 0.3) is 0 Å². The Hall–Kier alpha value is -0.970. The van der Waals surface area contributed by atoms with Crippen molar-refractivity contribution in [1.29, 1.82) is 0 Å². The Morgan fingerprint density at radius 2 is 2.54 bits per heavy atom. The van der Waals surface area contributed by atoms with Crippen LogP contribution in [0.4, 0.5) is 0 Å². The van der Waals surface area contributed by atoms with E-state index in [-0.39, 0.29) is 17.7 Å². The molecule has 1 N–H and O–H groups in total. The molecule has 0 saturated heterocycles. The average molecular weight is 200 g/mol. The van der Waals surface area contributed by atoms with E-state index in [1.165, 1.54) is 0 Å². The van der Waals surface area contributed by atoms with Crippen molar-refractivity contribution in [3.05, 3.63) is 17.8 Å². The summed E-state index contributed by atoms with van der Waals surface area (Å²) in [5.41, 5.74) is 0. The number of amides is 1. The van der Waals surface area contributed by atoms with Gasteiger partial charge in [0.2, 0.25) is 11.8 Å². The zero-order valence-electron chi connectivity index (χ0n) is 7.57. The van der Waals surface area contributed by atoms with Crippen LogP contribution >= 0.6 is 12.6 Å². The fourth-order valence-corrected chi connectivity index (χ4v) is 1.01. The van der Waals surface area contributed by atoms with Crippen molar-refractivity contribution in [1.82, 2.24) is 10.3 Å². The van der Waals surface area contributed by atoms with Crippen LogP contribution in [0.1, 0.15) is 24.6 Å². The number of nitrogens with one attached hydrogen (secondary N) is 1. The fourth-order valence-electron chi connectivity index (χ4n) is 0.921. The Morgan fingerprint density at radius 3 is 3.00 bits per heavy atom. The van der Waals surface area contributed by atoms with E-state index < -0.39 is 0 Å². The zero-order chi connectivity index (χ0) is 9.84. The number of oxazole rings is 1. The molecule has 0 bridgehead atoms. The molecular weight excluding hydrogens is 188 g/mol. The molecular formula is C8H12N2O2S. The van der Waals surface area contributed by atoms with Crippen LogP contribution in [0.2, 0.25) is 0 Å². The standard InChI is InChI=1S/C8H12N2O2S/c1-5-3-9-8(12-5)6(2)10-7(11)4-13/h3,6,13H,4H2,1-2H3,(H,10,11). The largest absolute Gasteiger partial charge is 0.444 e. The molecule has 0 fully saturated rings. The summed E-state index contributed by atoms with van der Waals surface area (Å²) >= 11 is 3.84. The Kier molecular flexibility index (Phi) is 3.36. The number of carbonyl (C=O) groups excluding carboxylic acids is 1. The van der Waals surface area contributed by atoms with Gasteiger partial charge in [0.1, 0.15) is 11.8 Å². The first kappa shape index (κ1) is 10.1. The third-order valence-corrected chi connectivity index (χ3v) is 1.82. The van der Waals surface area contributed by atoms with Gasteiger partial charge in [-0.3, -0.25) is 4.79 Å². The number of aromatic nitrogens is 1. The molecule has 72 valence electrons. The molecule has 1 rings (SSSR count). The molecule has 4 nitrogen and oxygen atoms in total. The van der Waals surface area contributed by atoms with Gasteiger partial charge in [-0.1, -0.05) is 0 Å². The minimum atomic E-state index is -0.201. The fraction of sp³-hybridized carbons (Fsp3) is 0.500. The topological polar surface area (TPSA) is 55.1 Å². The molecule has 1 heterocycles. The molecule has 0 saturated carbocycles. The van der Waals surface area contributed by atoms with Gasteiger partial charge in [-0.05, 0) is 13.8 Å². The maximum Gasteiger partial charge on any atom is 0.230 e. The first-order valence-corrected chi connectivity index (χ1v) is 4.59. The van der Waals surface area contributed by atoms with Crippen LogP contribution in [-0.4, -0.2) is 16.6 Å². The van der Waals surface area contributed by atoms with E-state index >= 15 is 0 Å². The average Bonchev–Trinajstić information content (AvgIpc) is 2.51. The molecule has 5 heteroatoms. The quantitative estimate of drug-likeness (QED) is 0.718. The Labute approximate surface area is 82.1 Å². The molecule has 13 heavy (non-hydrogen) atoms. The third-order valence-electron chi connectivity index (χ3n) is 1.53. The van der Waals surface area contributed by atoms with Crippen molar-refractivity contribution < 1.29 is 9.21 Å². The lowest BCUT2D eigenvalue weighted by Crippen LogP contribution is -2.27. The summed E-state index contributed by atoms with van der Waals surface area (Å²) in [6, 6.07) is -0.201. The second-order valence-electron chi connectivity index (χ2n) is 2.76. The van der Waals surface area contributed by atoms with E-state index in [1.807, 2.05) is 13.8 Å².